The molecule has 5 heteroatoms. The normalized spacial score (nSPS) is 17.0. The molecule has 1 aliphatic rings. The smallest absolute Gasteiger partial charge is 0.236 e. The molecule has 0 unspecified atom stereocenters. The number of hydrogen-bond acceptors (Lipinski definition) is 4. The van der Waals surface area contributed by atoms with Crippen LogP contribution >= 0.6 is 0 Å². The highest BCUT2D eigenvalue weighted by atomic mass is 16.5. The molecule has 2 heterocycles. The minimum atomic E-state index is 0.676. The summed E-state index contributed by atoms with van der Waals surface area (Å²) in [4.78, 5) is 2.46. The van der Waals surface area contributed by atoms with Gasteiger partial charge in [0.15, 0.2) is 0 Å². The number of nitrogens with zero attached hydrogens (tertiary/aromatic N) is 3. The molecule has 0 bridgehead atoms. The lowest BCUT2D eigenvalue weighted by Gasteiger charge is -2.26. The van der Waals surface area contributed by atoms with Gasteiger partial charge in [-0.3, -0.25) is 4.90 Å². The molecule has 0 radical (unpaired) electrons. The van der Waals surface area contributed by atoms with E-state index in [0.717, 1.165) is 24.7 Å². The maximum atomic E-state index is 5.98. The van der Waals surface area contributed by atoms with Gasteiger partial charge in [-0.1, -0.05) is 6.42 Å². The van der Waals surface area contributed by atoms with Crippen molar-refractivity contribution in [2.24, 2.45) is 0 Å². The predicted molar refractivity (Wildman–Crippen MR) is 72.8 cm³/mol. The summed E-state index contributed by atoms with van der Waals surface area (Å²) in [7, 11) is 0. The summed E-state index contributed by atoms with van der Waals surface area (Å²) in [6, 6.07) is 0. The van der Waals surface area contributed by atoms with Crippen LogP contribution in [-0.4, -0.2) is 40.9 Å². The van der Waals surface area contributed by atoms with Gasteiger partial charge < -0.3 is 10.5 Å². The van der Waals surface area contributed by atoms with Gasteiger partial charge in [-0.15, -0.1) is 0 Å². The largest absolute Gasteiger partial charge is 0.475 e. The number of anilines is 1. The van der Waals surface area contributed by atoms with Gasteiger partial charge in [0, 0.05) is 13.1 Å². The van der Waals surface area contributed by atoms with Crippen LogP contribution in [0.3, 0.4) is 0 Å². The number of piperidine rings is 1. The van der Waals surface area contributed by atoms with Gasteiger partial charge >= 0.3 is 0 Å². The predicted octanol–water partition coefficient (Wildman–Crippen LogP) is 1.66. The Morgan fingerprint density at radius 2 is 2.00 bits per heavy atom. The van der Waals surface area contributed by atoms with Gasteiger partial charge in [0.1, 0.15) is 12.3 Å². The molecule has 2 rings (SSSR count). The number of rotatable bonds is 5. The standard InChI is InChI=1S/C13H24N4O/c1-3-17-13(12(14)11(2)15-17)18-10-9-16-7-5-4-6-8-16/h3-10,14H2,1-2H3. The van der Waals surface area contributed by atoms with Gasteiger partial charge in [0.05, 0.1) is 5.69 Å². The van der Waals surface area contributed by atoms with E-state index < -0.39 is 0 Å². The molecule has 102 valence electrons. The minimum absolute atomic E-state index is 0.676. The van der Waals surface area contributed by atoms with Crippen LogP contribution in [0.25, 0.3) is 0 Å². The van der Waals surface area contributed by atoms with Crippen molar-refractivity contribution >= 4 is 5.69 Å². The summed E-state index contributed by atoms with van der Waals surface area (Å²) in [5, 5.41) is 4.35. The SMILES string of the molecule is CCn1nc(C)c(N)c1OCCN1CCCCC1. The lowest BCUT2D eigenvalue weighted by molar-refractivity contribution is 0.177. The van der Waals surface area contributed by atoms with Crippen molar-refractivity contribution in [3.05, 3.63) is 5.69 Å². The van der Waals surface area contributed by atoms with Gasteiger partial charge in [-0.05, 0) is 39.8 Å². The monoisotopic (exact) mass is 252 g/mol. The molecule has 1 fully saturated rings. The molecule has 0 atom stereocenters. The fourth-order valence-corrected chi connectivity index (χ4v) is 2.40. The minimum Gasteiger partial charge on any atom is -0.475 e. The Balaban J connectivity index is 1.85. The molecule has 0 aliphatic carbocycles. The van der Waals surface area contributed by atoms with Crippen LogP contribution in [0.2, 0.25) is 0 Å². The Bertz CT molecular complexity index is 383. The van der Waals surface area contributed by atoms with Crippen LogP contribution < -0.4 is 10.5 Å². The molecule has 5 nitrogen and oxygen atoms in total. The first-order chi connectivity index (χ1) is 8.72. The van der Waals surface area contributed by atoms with E-state index in [9.17, 15) is 0 Å². The van der Waals surface area contributed by atoms with Crippen LogP contribution in [0, 0.1) is 6.92 Å². The first kappa shape index (κ1) is 13.2. The van der Waals surface area contributed by atoms with E-state index in [1.165, 1.54) is 32.4 Å². The molecule has 0 aromatic carbocycles. The van der Waals surface area contributed by atoms with Crippen molar-refractivity contribution in [2.75, 3.05) is 32.0 Å². The van der Waals surface area contributed by atoms with E-state index in [1.807, 2.05) is 18.5 Å². The maximum Gasteiger partial charge on any atom is 0.236 e. The molecule has 0 amide bonds. The lowest BCUT2D eigenvalue weighted by Crippen LogP contribution is -2.33. The molecule has 2 N–H and O–H groups in total. The number of likely N-dealkylation sites (tertiary alicyclic amines) is 1. The second kappa shape index (κ2) is 6.09. The highest BCUT2D eigenvalue weighted by Crippen LogP contribution is 2.24. The van der Waals surface area contributed by atoms with Gasteiger partial charge in [-0.25, -0.2) is 4.68 Å². The molecule has 1 saturated heterocycles. The van der Waals surface area contributed by atoms with Crippen LogP contribution in [0.5, 0.6) is 5.88 Å². The first-order valence-corrected chi connectivity index (χ1v) is 6.90. The summed E-state index contributed by atoms with van der Waals surface area (Å²) in [5.74, 6) is 0.729. The second-order valence-electron chi connectivity index (χ2n) is 4.87. The van der Waals surface area contributed by atoms with Gasteiger partial charge in [-0.2, -0.15) is 5.10 Å². The third-order valence-corrected chi connectivity index (χ3v) is 3.52. The Labute approximate surface area is 109 Å². The Morgan fingerprint density at radius 1 is 1.28 bits per heavy atom. The summed E-state index contributed by atoms with van der Waals surface area (Å²) < 4.78 is 7.65. The number of hydrogen-bond donors (Lipinski definition) is 1. The Hall–Kier alpha value is -1.23. The number of nitrogen functional groups attached to an aromatic ring is 1. The zero-order chi connectivity index (χ0) is 13.0. The summed E-state index contributed by atoms with van der Waals surface area (Å²) in [6.07, 6.45) is 3.99. The summed E-state index contributed by atoms with van der Waals surface area (Å²) in [6.45, 7) is 8.82. The van der Waals surface area contributed by atoms with Crippen molar-refractivity contribution in [3.8, 4) is 5.88 Å². The molecule has 1 aromatic heterocycles. The molecule has 1 aromatic rings. The van der Waals surface area contributed by atoms with Crippen LogP contribution in [0.1, 0.15) is 31.9 Å². The third kappa shape index (κ3) is 2.96. The molecular formula is C13H24N4O. The van der Waals surface area contributed by atoms with Crippen molar-refractivity contribution in [2.45, 2.75) is 39.7 Å². The fraction of sp³-hybridized carbons (Fsp3) is 0.769. The van der Waals surface area contributed by atoms with E-state index in [0.29, 0.717) is 12.3 Å². The quantitative estimate of drug-likeness (QED) is 0.866. The zero-order valence-electron chi connectivity index (χ0n) is 11.5. The van der Waals surface area contributed by atoms with Gasteiger partial charge in [0.2, 0.25) is 5.88 Å². The number of aromatic nitrogens is 2. The first-order valence-electron chi connectivity index (χ1n) is 6.90. The van der Waals surface area contributed by atoms with Crippen molar-refractivity contribution < 1.29 is 4.74 Å². The highest BCUT2D eigenvalue weighted by Gasteiger charge is 2.14. The Morgan fingerprint density at radius 3 is 2.67 bits per heavy atom. The van der Waals surface area contributed by atoms with E-state index in [2.05, 4.69) is 10.00 Å². The maximum absolute atomic E-state index is 5.98. The highest BCUT2D eigenvalue weighted by molar-refractivity contribution is 5.52. The van der Waals surface area contributed by atoms with E-state index in [1.54, 1.807) is 0 Å². The summed E-state index contributed by atoms with van der Waals surface area (Å²) in [5.41, 5.74) is 7.50. The van der Waals surface area contributed by atoms with Crippen LogP contribution in [0.4, 0.5) is 5.69 Å². The average molecular weight is 252 g/mol. The molecule has 0 spiro atoms. The Kier molecular flexibility index (Phi) is 4.47. The van der Waals surface area contributed by atoms with E-state index in [-0.39, 0.29) is 0 Å². The number of ether oxygens (including phenoxy) is 1. The van der Waals surface area contributed by atoms with E-state index >= 15 is 0 Å². The average Bonchev–Trinajstić information content (AvgIpc) is 2.67. The zero-order valence-corrected chi connectivity index (χ0v) is 11.5. The number of nitrogens with two attached hydrogens (primary N) is 1. The third-order valence-electron chi connectivity index (χ3n) is 3.52. The fourth-order valence-electron chi connectivity index (χ4n) is 2.40. The van der Waals surface area contributed by atoms with Crippen molar-refractivity contribution in [1.29, 1.82) is 0 Å². The molecule has 0 saturated carbocycles. The van der Waals surface area contributed by atoms with E-state index in [4.69, 9.17) is 10.5 Å². The summed E-state index contributed by atoms with van der Waals surface area (Å²) >= 11 is 0. The van der Waals surface area contributed by atoms with Crippen LogP contribution in [0.15, 0.2) is 0 Å². The number of aryl methyl sites for hydroxylation is 2. The molecule has 18 heavy (non-hydrogen) atoms. The molecule has 1 aliphatic heterocycles. The van der Waals surface area contributed by atoms with Crippen LogP contribution in [-0.2, 0) is 6.54 Å². The van der Waals surface area contributed by atoms with Gasteiger partial charge in [0.25, 0.3) is 0 Å². The van der Waals surface area contributed by atoms with Crippen molar-refractivity contribution in [1.82, 2.24) is 14.7 Å². The second-order valence-corrected chi connectivity index (χ2v) is 4.87. The topological polar surface area (TPSA) is 56.3 Å². The lowest BCUT2D eigenvalue weighted by atomic mass is 10.1. The molecular weight excluding hydrogens is 228 g/mol. The van der Waals surface area contributed by atoms with Crippen molar-refractivity contribution in [3.63, 3.8) is 0 Å².